The minimum Gasteiger partial charge on any atom is -0.550 e. The minimum atomic E-state index is -1.53. The first-order chi connectivity index (χ1) is 12.9. The fraction of sp³-hybridized carbons (Fsp3) is 0.600. The Morgan fingerprint density at radius 2 is 1.36 bits per heavy atom. The van der Waals surface area contributed by atoms with Gasteiger partial charge in [0.1, 0.15) is 6.04 Å². The Hall–Kier alpha value is -1.44. The maximum absolute atomic E-state index is 12.6. The monoisotopic (exact) mass is 403 g/mol. The van der Waals surface area contributed by atoms with E-state index in [0.29, 0.717) is 12.8 Å². The average Bonchev–Trinajstić information content (AvgIpc) is 2.61. The molecular formula is C20H30NNaO6. The molecule has 0 aromatic heterocycles. The molecule has 2 amide bonds. The summed E-state index contributed by atoms with van der Waals surface area (Å²) in [6.45, 7) is 5.48. The first-order valence-electron chi connectivity index (χ1n) is 9.40. The van der Waals surface area contributed by atoms with Crippen molar-refractivity contribution in [3.05, 3.63) is 24.3 Å². The summed E-state index contributed by atoms with van der Waals surface area (Å²) >= 11 is 0. The predicted octanol–water partition coefficient (Wildman–Crippen LogP) is -1.09. The van der Waals surface area contributed by atoms with Gasteiger partial charge in [-0.15, -0.1) is 0 Å². The van der Waals surface area contributed by atoms with Gasteiger partial charge in [0.2, 0.25) is 11.8 Å². The summed E-state index contributed by atoms with van der Waals surface area (Å²) in [5.74, 6) is -3.65. The summed E-state index contributed by atoms with van der Waals surface area (Å²) in [5.41, 5.74) is 0. The number of allylic oxidation sites excluding steroid dienone is 4. The van der Waals surface area contributed by atoms with Crippen molar-refractivity contribution in [3.8, 4) is 0 Å². The number of carbonyl (C=O) groups excluding carboxylic acids is 4. The molecular weight excluding hydrogens is 373 g/mol. The SMILES string of the molecule is CC/C=C/CCC(=O)N(C(=O)CC/C=C/CC)C(CC(=O)[O-])C(=O)OCC.[Na+]. The topological polar surface area (TPSA) is 104 Å². The van der Waals surface area contributed by atoms with Crippen LogP contribution in [0.1, 0.15) is 65.7 Å². The van der Waals surface area contributed by atoms with Gasteiger partial charge in [0.25, 0.3) is 0 Å². The van der Waals surface area contributed by atoms with E-state index in [-0.39, 0.29) is 49.0 Å². The number of carbonyl (C=O) groups is 4. The number of hydrogen-bond donors (Lipinski definition) is 0. The molecule has 0 N–H and O–H groups in total. The Kier molecular flexibility index (Phi) is 18.1. The van der Waals surface area contributed by atoms with Crippen LogP contribution in [0.25, 0.3) is 0 Å². The zero-order valence-electron chi connectivity index (χ0n) is 17.4. The van der Waals surface area contributed by atoms with E-state index in [2.05, 4.69) is 0 Å². The summed E-state index contributed by atoms with van der Waals surface area (Å²) in [5, 5.41) is 11.1. The van der Waals surface area contributed by atoms with E-state index in [0.717, 1.165) is 17.7 Å². The zero-order valence-corrected chi connectivity index (χ0v) is 19.4. The van der Waals surface area contributed by atoms with Crippen LogP contribution >= 0.6 is 0 Å². The summed E-state index contributed by atoms with van der Waals surface area (Å²) in [6, 6.07) is -1.51. The standard InChI is InChI=1S/C20H31NO6.Na/c1-4-7-9-11-13-17(22)21(18(23)14-12-10-8-5-2)16(15-19(24)25)20(26)27-6-3;/h7-10,16H,4-6,11-15H2,1-3H3,(H,24,25);/q;+1/p-1/b9-7+,10-8+;. The molecule has 0 aromatic carbocycles. The molecule has 8 heteroatoms. The number of amides is 2. The van der Waals surface area contributed by atoms with Gasteiger partial charge in [0.05, 0.1) is 6.61 Å². The van der Waals surface area contributed by atoms with E-state index in [9.17, 15) is 24.3 Å². The number of hydrogen-bond acceptors (Lipinski definition) is 6. The van der Waals surface area contributed by atoms with Gasteiger partial charge >= 0.3 is 35.5 Å². The van der Waals surface area contributed by atoms with Crippen LogP contribution in [0, 0.1) is 0 Å². The molecule has 0 radical (unpaired) electrons. The summed E-state index contributed by atoms with van der Waals surface area (Å²) in [4.78, 5) is 49.2. The van der Waals surface area contributed by atoms with Crippen LogP contribution in [-0.2, 0) is 23.9 Å². The summed E-state index contributed by atoms with van der Waals surface area (Å²) in [6.07, 6.45) is 9.02. The smallest absolute Gasteiger partial charge is 0.550 e. The molecule has 0 aliphatic carbocycles. The van der Waals surface area contributed by atoms with E-state index in [1.807, 2.05) is 38.2 Å². The van der Waals surface area contributed by atoms with E-state index >= 15 is 0 Å². The first kappa shape index (κ1) is 28.8. The van der Waals surface area contributed by atoms with E-state index in [1.54, 1.807) is 6.92 Å². The molecule has 0 aliphatic rings. The van der Waals surface area contributed by atoms with Crippen molar-refractivity contribution in [2.45, 2.75) is 71.8 Å². The second-order valence-corrected chi connectivity index (χ2v) is 5.84. The number of rotatable bonds is 13. The van der Waals surface area contributed by atoms with E-state index < -0.39 is 36.2 Å². The Morgan fingerprint density at radius 3 is 1.71 bits per heavy atom. The number of esters is 1. The second kappa shape index (κ2) is 17.6. The van der Waals surface area contributed by atoms with Crippen molar-refractivity contribution in [1.82, 2.24) is 4.90 Å². The molecule has 0 fully saturated rings. The Morgan fingerprint density at radius 1 is 0.893 bits per heavy atom. The van der Waals surface area contributed by atoms with E-state index in [4.69, 9.17) is 4.74 Å². The zero-order chi connectivity index (χ0) is 20.7. The molecule has 0 spiro atoms. The van der Waals surface area contributed by atoms with Gasteiger partial charge in [-0.05, 0) is 32.6 Å². The summed E-state index contributed by atoms with van der Waals surface area (Å²) < 4.78 is 4.87. The quantitative estimate of drug-likeness (QED) is 0.220. The van der Waals surface area contributed by atoms with Gasteiger partial charge in [0.15, 0.2) is 0 Å². The third-order valence-electron chi connectivity index (χ3n) is 3.62. The number of imide groups is 1. The molecule has 0 aromatic rings. The number of aliphatic carboxylic acids is 1. The fourth-order valence-electron chi connectivity index (χ4n) is 2.39. The second-order valence-electron chi connectivity index (χ2n) is 5.84. The van der Waals surface area contributed by atoms with Gasteiger partial charge < -0.3 is 14.6 Å². The number of ether oxygens (including phenoxy) is 1. The number of nitrogens with zero attached hydrogens (tertiary/aromatic N) is 1. The molecule has 7 nitrogen and oxygen atoms in total. The largest absolute Gasteiger partial charge is 1.00 e. The molecule has 0 saturated carbocycles. The van der Waals surface area contributed by atoms with Crippen LogP contribution in [0.5, 0.6) is 0 Å². The molecule has 0 heterocycles. The number of carboxylic acid groups (broad SMARTS) is 1. The molecule has 0 bridgehead atoms. The van der Waals surface area contributed by atoms with Crippen molar-refractivity contribution in [3.63, 3.8) is 0 Å². The van der Waals surface area contributed by atoms with Crippen LogP contribution in [-0.4, -0.2) is 41.3 Å². The molecule has 0 saturated heterocycles. The van der Waals surface area contributed by atoms with Crippen LogP contribution in [0.15, 0.2) is 24.3 Å². The third kappa shape index (κ3) is 12.1. The maximum Gasteiger partial charge on any atom is 1.00 e. The molecule has 0 rings (SSSR count). The van der Waals surface area contributed by atoms with Gasteiger partial charge in [-0.3, -0.25) is 14.5 Å². The Bertz CT molecular complexity index is 529. The van der Waals surface area contributed by atoms with Crippen molar-refractivity contribution < 1.29 is 58.6 Å². The van der Waals surface area contributed by atoms with Gasteiger partial charge in [-0.1, -0.05) is 38.2 Å². The molecule has 152 valence electrons. The Balaban J connectivity index is 0. The summed E-state index contributed by atoms with van der Waals surface area (Å²) in [7, 11) is 0. The van der Waals surface area contributed by atoms with Crippen LogP contribution < -0.4 is 34.7 Å². The average molecular weight is 403 g/mol. The van der Waals surface area contributed by atoms with E-state index in [1.165, 1.54) is 0 Å². The molecule has 0 aliphatic heterocycles. The van der Waals surface area contributed by atoms with Gasteiger partial charge in [0, 0.05) is 25.2 Å². The van der Waals surface area contributed by atoms with Crippen molar-refractivity contribution in [1.29, 1.82) is 0 Å². The number of carboxylic acids is 1. The van der Waals surface area contributed by atoms with Crippen molar-refractivity contribution >= 4 is 23.8 Å². The third-order valence-corrected chi connectivity index (χ3v) is 3.62. The van der Waals surface area contributed by atoms with Crippen molar-refractivity contribution in [2.75, 3.05) is 6.61 Å². The molecule has 1 unspecified atom stereocenters. The first-order valence-corrected chi connectivity index (χ1v) is 9.40. The predicted molar refractivity (Wildman–Crippen MR) is 99.2 cm³/mol. The van der Waals surface area contributed by atoms with Crippen LogP contribution in [0.3, 0.4) is 0 Å². The Labute approximate surface area is 189 Å². The van der Waals surface area contributed by atoms with Crippen LogP contribution in [0.4, 0.5) is 0 Å². The fourth-order valence-corrected chi connectivity index (χ4v) is 2.39. The van der Waals surface area contributed by atoms with Gasteiger partial charge in [-0.25, -0.2) is 4.79 Å². The molecule has 28 heavy (non-hydrogen) atoms. The normalized spacial score (nSPS) is 11.8. The van der Waals surface area contributed by atoms with Gasteiger partial charge in [-0.2, -0.15) is 0 Å². The van der Waals surface area contributed by atoms with Crippen LogP contribution in [0.2, 0.25) is 0 Å². The molecule has 1 atom stereocenters. The minimum absolute atomic E-state index is 0. The van der Waals surface area contributed by atoms with Crippen molar-refractivity contribution in [2.24, 2.45) is 0 Å². The maximum atomic E-state index is 12.6.